The summed E-state index contributed by atoms with van der Waals surface area (Å²) in [5.41, 5.74) is 0.238. The molecule has 1 heterocycles. The van der Waals surface area contributed by atoms with Crippen molar-refractivity contribution < 1.29 is 23.4 Å². The summed E-state index contributed by atoms with van der Waals surface area (Å²) in [6, 6.07) is 2.58. The molecule has 0 amide bonds. The summed E-state index contributed by atoms with van der Waals surface area (Å²) in [7, 11) is 0. The molecule has 2 rings (SSSR count). The minimum Gasteiger partial charge on any atom is -0.481 e. The maximum atomic E-state index is 13.8. The summed E-state index contributed by atoms with van der Waals surface area (Å²) in [5, 5.41) is 8.92. The number of halogens is 2. The number of ether oxygens (including phenoxy) is 1. The van der Waals surface area contributed by atoms with Gasteiger partial charge in [-0.2, -0.15) is 0 Å². The average molecular weight is 285 g/mol. The highest BCUT2D eigenvalue weighted by atomic mass is 19.1. The fraction of sp³-hybridized carbons (Fsp3) is 0.500. The van der Waals surface area contributed by atoms with E-state index in [-0.39, 0.29) is 24.6 Å². The van der Waals surface area contributed by atoms with E-state index in [1.807, 2.05) is 4.90 Å². The number of morpholine rings is 1. The summed E-state index contributed by atoms with van der Waals surface area (Å²) >= 11 is 0. The molecule has 0 bridgehead atoms. The van der Waals surface area contributed by atoms with Gasteiger partial charge in [0.05, 0.1) is 19.6 Å². The Hall–Kier alpha value is -1.53. The smallest absolute Gasteiger partial charge is 0.305 e. The molecule has 0 aromatic heterocycles. The normalized spacial score (nSPS) is 21.6. The van der Waals surface area contributed by atoms with Gasteiger partial charge in [0.15, 0.2) is 0 Å². The van der Waals surface area contributed by atoms with Crippen molar-refractivity contribution in [2.75, 3.05) is 19.8 Å². The molecule has 0 saturated carbocycles. The Kier molecular flexibility index (Phi) is 4.67. The zero-order valence-corrected chi connectivity index (χ0v) is 11.2. The lowest BCUT2D eigenvalue weighted by atomic mass is 10.0. The molecular weight excluding hydrogens is 268 g/mol. The highest BCUT2D eigenvalue weighted by Crippen LogP contribution is 2.28. The van der Waals surface area contributed by atoms with Crippen LogP contribution < -0.4 is 0 Å². The third kappa shape index (κ3) is 3.32. The van der Waals surface area contributed by atoms with E-state index < -0.39 is 23.6 Å². The topological polar surface area (TPSA) is 49.8 Å². The van der Waals surface area contributed by atoms with Crippen molar-refractivity contribution in [2.45, 2.75) is 25.4 Å². The Labute approximate surface area is 116 Å². The maximum Gasteiger partial charge on any atom is 0.305 e. The predicted molar refractivity (Wildman–Crippen MR) is 68.3 cm³/mol. The molecule has 0 radical (unpaired) electrons. The number of carbonyl (C=O) groups is 1. The van der Waals surface area contributed by atoms with Crippen LogP contribution >= 0.6 is 0 Å². The Morgan fingerprint density at radius 1 is 1.55 bits per heavy atom. The third-order valence-corrected chi connectivity index (χ3v) is 3.59. The lowest BCUT2D eigenvalue weighted by Crippen LogP contribution is -2.47. The first-order chi connectivity index (χ1) is 9.49. The van der Waals surface area contributed by atoms with E-state index in [2.05, 4.69) is 0 Å². The Balaban J connectivity index is 2.22. The fourth-order valence-corrected chi connectivity index (χ4v) is 2.57. The van der Waals surface area contributed by atoms with Gasteiger partial charge in [0.1, 0.15) is 11.6 Å². The average Bonchev–Trinajstić information content (AvgIpc) is 2.41. The molecule has 0 spiro atoms. The zero-order valence-electron chi connectivity index (χ0n) is 11.2. The molecule has 1 N–H and O–H groups in total. The lowest BCUT2D eigenvalue weighted by Gasteiger charge is -2.39. The maximum absolute atomic E-state index is 13.8. The van der Waals surface area contributed by atoms with Crippen molar-refractivity contribution in [1.29, 1.82) is 0 Å². The first-order valence-corrected chi connectivity index (χ1v) is 6.49. The molecule has 6 heteroatoms. The van der Waals surface area contributed by atoms with Crippen LogP contribution in [0.1, 0.15) is 24.9 Å². The van der Waals surface area contributed by atoms with Crippen molar-refractivity contribution in [3.63, 3.8) is 0 Å². The van der Waals surface area contributed by atoms with Gasteiger partial charge in [-0.25, -0.2) is 8.78 Å². The summed E-state index contributed by atoms with van der Waals surface area (Å²) in [4.78, 5) is 12.7. The Morgan fingerprint density at radius 3 is 3.00 bits per heavy atom. The van der Waals surface area contributed by atoms with Gasteiger partial charge in [-0.3, -0.25) is 9.69 Å². The van der Waals surface area contributed by atoms with Crippen LogP contribution in [0.5, 0.6) is 0 Å². The van der Waals surface area contributed by atoms with E-state index in [0.29, 0.717) is 13.2 Å². The number of carboxylic acid groups (broad SMARTS) is 1. The highest BCUT2D eigenvalue weighted by molar-refractivity contribution is 5.67. The summed E-state index contributed by atoms with van der Waals surface area (Å²) in [6.07, 6.45) is -0.0821. The molecule has 1 aromatic rings. The first kappa shape index (κ1) is 14.9. The Bertz CT molecular complexity index is 495. The van der Waals surface area contributed by atoms with E-state index in [4.69, 9.17) is 9.84 Å². The van der Waals surface area contributed by atoms with Crippen molar-refractivity contribution >= 4 is 5.97 Å². The van der Waals surface area contributed by atoms with Gasteiger partial charge in [0.2, 0.25) is 0 Å². The van der Waals surface area contributed by atoms with Crippen molar-refractivity contribution in [1.82, 2.24) is 4.90 Å². The zero-order chi connectivity index (χ0) is 14.7. The van der Waals surface area contributed by atoms with Gasteiger partial charge >= 0.3 is 5.97 Å². The second-order valence-corrected chi connectivity index (χ2v) is 4.91. The van der Waals surface area contributed by atoms with Crippen LogP contribution in [-0.2, 0) is 9.53 Å². The highest BCUT2D eigenvalue weighted by Gasteiger charge is 2.30. The van der Waals surface area contributed by atoms with Gasteiger partial charge in [-0.1, -0.05) is 0 Å². The van der Waals surface area contributed by atoms with E-state index >= 15 is 0 Å². The van der Waals surface area contributed by atoms with Gasteiger partial charge in [-0.15, -0.1) is 0 Å². The fourth-order valence-electron chi connectivity index (χ4n) is 2.57. The minimum atomic E-state index is -0.933. The first-order valence-electron chi connectivity index (χ1n) is 6.49. The van der Waals surface area contributed by atoms with Crippen LogP contribution in [0, 0.1) is 11.6 Å². The van der Waals surface area contributed by atoms with Crippen molar-refractivity contribution in [3.05, 3.63) is 35.4 Å². The lowest BCUT2D eigenvalue weighted by molar-refractivity contribution is -0.140. The molecule has 4 nitrogen and oxygen atoms in total. The number of carboxylic acids is 1. The molecule has 1 aliphatic rings. The van der Waals surface area contributed by atoms with Crippen molar-refractivity contribution in [3.8, 4) is 0 Å². The van der Waals surface area contributed by atoms with E-state index in [1.165, 1.54) is 0 Å². The number of hydrogen-bond donors (Lipinski definition) is 1. The van der Waals surface area contributed by atoms with Crippen LogP contribution in [0.3, 0.4) is 0 Å². The number of aliphatic carboxylic acids is 1. The number of rotatable bonds is 4. The number of nitrogens with zero attached hydrogens (tertiary/aromatic N) is 1. The Morgan fingerprint density at radius 2 is 2.30 bits per heavy atom. The molecule has 1 aromatic carbocycles. The molecule has 1 aliphatic heterocycles. The van der Waals surface area contributed by atoms with E-state index in [0.717, 1.165) is 18.2 Å². The van der Waals surface area contributed by atoms with Crippen molar-refractivity contribution in [2.24, 2.45) is 0 Å². The van der Waals surface area contributed by atoms with E-state index in [9.17, 15) is 13.6 Å². The molecule has 2 atom stereocenters. The van der Waals surface area contributed by atoms with Gasteiger partial charge in [-0.05, 0) is 25.1 Å². The minimum absolute atomic E-state index is 0.0821. The standard InChI is InChI=1S/C14H17F2NO3/c1-9(12-6-10(15)2-3-13(12)16)17-4-5-20-8-11(17)7-14(18)19/h2-3,6,9,11H,4-5,7-8H2,1H3,(H,18,19). The molecule has 1 saturated heterocycles. The summed E-state index contributed by atoms with van der Waals surface area (Å²) in [6.45, 7) is 2.98. The second kappa shape index (κ2) is 6.28. The van der Waals surface area contributed by atoms with Gasteiger partial charge < -0.3 is 9.84 Å². The molecule has 20 heavy (non-hydrogen) atoms. The van der Waals surface area contributed by atoms with Crippen LogP contribution in [0.2, 0.25) is 0 Å². The summed E-state index contributed by atoms with van der Waals surface area (Å²) in [5.74, 6) is -1.92. The predicted octanol–water partition coefficient (Wildman–Crippen LogP) is 2.20. The van der Waals surface area contributed by atoms with Crippen LogP contribution in [0.4, 0.5) is 8.78 Å². The third-order valence-electron chi connectivity index (χ3n) is 3.59. The number of hydrogen-bond acceptors (Lipinski definition) is 3. The van der Waals surface area contributed by atoms with Gasteiger partial charge in [0, 0.05) is 24.2 Å². The van der Waals surface area contributed by atoms with Crippen LogP contribution in [-0.4, -0.2) is 41.8 Å². The largest absolute Gasteiger partial charge is 0.481 e. The van der Waals surface area contributed by atoms with Crippen LogP contribution in [0.15, 0.2) is 18.2 Å². The quantitative estimate of drug-likeness (QED) is 0.921. The number of benzene rings is 1. The molecular formula is C14H17F2NO3. The molecule has 0 aliphatic carbocycles. The SMILES string of the molecule is CC(c1cc(F)ccc1F)N1CCOCC1CC(=O)O. The summed E-state index contributed by atoms with van der Waals surface area (Å²) < 4.78 is 32.4. The molecule has 2 unspecified atom stereocenters. The monoisotopic (exact) mass is 285 g/mol. The van der Waals surface area contributed by atoms with Gasteiger partial charge in [0.25, 0.3) is 0 Å². The molecule has 1 fully saturated rings. The second-order valence-electron chi connectivity index (χ2n) is 4.91. The molecule has 110 valence electrons. The van der Waals surface area contributed by atoms with Crippen LogP contribution in [0.25, 0.3) is 0 Å². The van der Waals surface area contributed by atoms with E-state index in [1.54, 1.807) is 6.92 Å².